The molecule has 0 atom stereocenters. The Morgan fingerprint density at radius 3 is 2.56 bits per heavy atom. The Balaban J connectivity index is 2.17. The van der Waals surface area contributed by atoms with Crippen molar-refractivity contribution >= 4 is 15.9 Å². The number of allylic oxidation sites excluding steroid dienone is 1. The Bertz CT molecular complexity index is 103. The number of hydrogen-bond acceptors (Lipinski definition) is 0. The summed E-state index contributed by atoms with van der Waals surface area (Å²) < 4.78 is 0. The monoisotopic (exact) mass is 188 g/mol. The van der Waals surface area contributed by atoms with Crippen LogP contribution in [-0.4, -0.2) is 5.33 Å². The zero-order valence-electron chi connectivity index (χ0n) is 5.70. The van der Waals surface area contributed by atoms with E-state index in [1.807, 2.05) is 6.08 Å². The largest absolute Gasteiger partial charge is 0.103 e. The second-order valence-electron chi connectivity index (χ2n) is 2.96. The molecule has 0 heterocycles. The van der Waals surface area contributed by atoms with Gasteiger partial charge < -0.3 is 0 Å². The summed E-state index contributed by atoms with van der Waals surface area (Å²) >= 11 is 3.53. The van der Waals surface area contributed by atoms with Crippen molar-refractivity contribution in [3.05, 3.63) is 12.7 Å². The molecule has 0 N–H and O–H groups in total. The first-order valence-electron chi connectivity index (χ1n) is 3.50. The van der Waals surface area contributed by atoms with Gasteiger partial charge in [-0.05, 0) is 31.1 Å². The Kier molecular flexibility index (Phi) is 2.34. The molecule has 0 nitrogen and oxygen atoms in total. The van der Waals surface area contributed by atoms with Crippen LogP contribution in [0, 0.1) is 5.41 Å². The number of hydrogen-bond donors (Lipinski definition) is 0. The highest BCUT2D eigenvalue weighted by Gasteiger charge is 2.40. The predicted molar refractivity (Wildman–Crippen MR) is 44.9 cm³/mol. The number of alkyl halides is 1. The summed E-state index contributed by atoms with van der Waals surface area (Å²) in [6.07, 6.45) is 7.38. The molecule has 0 unspecified atom stereocenters. The van der Waals surface area contributed by atoms with Gasteiger partial charge in [-0.1, -0.05) is 22.0 Å². The third kappa shape index (κ3) is 1.82. The van der Waals surface area contributed by atoms with Crippen molar-refractivity contribution in [2.75, 3.05) is 5.33 Å². The van der Waals surface area contributed by atoms with Gasteiger partial charge in [0.25, 0.3) is 0 Å². The van der Waals surface area contributed by atoms with E-state index in [1.54, 1.807) is 0 Å². The average Bonchev–Trinajstić information content (AvgIpc) is 2.65. The maximum absolute atomic E-state index is 3.71. The molecule has 0 saturated heterocycles. The van der Waals surface area contributed by atoms with Crippen molar-refractivity contribution in [2.45, 2.75) is 25.7 Å². The van der Waals surface area contributed by atoms with E-state index in [0.29, 0.717) is 5.41 Å². The topological polar surface area (TPSA) is 0 Å². The smallest absolute Gasteiger partial charge is 0.00880 e. The fourth-order valence-electron chi connectivity index (χ4n) is 1.04. The first kappa shape index (κ1) is 7.33. The Morgan fingerprint density at radius 2 is 2.22 bits per heavy atom. The van der Waals surface area contributed by atoms with E-state index in [0.717, 1.165) is 0 Å². The van der Waals surface area contributed by atoms with E-state index in [-0.39, 0.29) is 0 Å². The second-order valence-corrected chi connectivity index (χ2v) is 3.52. The SMILES string of the molecule is C=CCCC1(CBr)CC1. The van der Waals surface area contributed by atoms with Crippen LogP contribution >= 0.6 is 15.9 Å². The summed E-state index contributed by atoms with van der Waals surface area (Å²) in [5.41, 5.74) is 0.689. The zero-order valence-corrected chi connectivity index (χ0v) is 7.28. The van der Waals surface area contributed by atoms with Crippen molar-refractivity contribution in [1.29, 1.82) is 0 Å². The van der Waals surface area contributed by atoms with E-state index in [2.05, 4.69) is 22.5 Å². The van der Waals surface area contributed by atoms with Gasteiger partial charge in [0.1, 0.15) is 0 Å². The third-order valence-corrected chi connectivity index (χ3v) is 3.31. The maximum atomic E-state index is 3.71. The molecule has 0 radical (unpaired) electrons. The summed E-state index contributed by atoms with van der Waals surface area (Å²) in [6, 6.07) is 0. The van der Waals surface area contributed by atoms with Crippen molar-refractivity contribution in [3.8, 4) is 0 Å². The molecule has 1 saturated carbocycles. The van der Waals surface area contributed by atoms with Crippen LogP contribution in [0.1, 0.15) is 25.7 Å². The molecule has 0 bridgehead atoms. The maximum Gasteiger partial charge on any atom is 0.00880 e. The van der Waals surface area contributed by atoms with Gasteiger partial charge >= 0.3 is 0 Å². The molecule has 0 aromatic carbocycles. The van der Waals surface area contributed by atoms with E-state index in [1.165, 1.54) is 31.0 Å². The Labute approximate surface area is 65.5 Å². The Hall–Kier alpha value is 0.220. The second kappa shape index (κ2) is 2.87. The molecule has 0 aromatic heterocycles. The fourth-order valence-corrected chi connectivity index (χ4v) is 1.88. The van der Waals surface area contributed by atoms with Crippen molar-refractivity contribution in [2.24, 2.45) is 5.41 Å². The van der Waals surface area contributed by atoms with Crippen molar-refractivity contribution in [1.82, 2.24) is 0 Å². The average molecular weight is 189 g/mol. The molecule has 1 fully saturated rings. The van der Waals surface area contributed by atoms with Gasteiger partial charge in [-0.15, -0.1) is 6.58 Å². The summed E-state index contributed by atoms with van der Waals surface area (Å²) in [5.74, 6) is 0. The van der Waals surface area contributed by atoms with Crippen LogP contribution in [0.3, 0.4) is 0 Å². The van der Waals surface area contributed by atoms with Crippen molar-refractivity contribution in [3.63, 3.8) is 0 Å². The lowest BCUT2D eigenvalue weighted by molar-refractivity contribution is 0.539. The molecule has 0 spiro atoms. The van der Waals surface area contributed by atoms with Gasteiger partial charge in [-0.2, -0.15) is 0 Å². The first-order chi connectivity index (χ1) is 4.33. The van der Waals surface area contributed by atoms with E-state index >= 15 is 0 Å². The van der Waals surface area contributed by atoms with Crippen LogP contribution in [0.5, 0.6) is 0 Å². The van der Waals surface area contributed by atoms with Gasteiger partial charge in [-0.3, -0.25) is 0 Å². The highest BCUT2D eigenvalue weighted by atomic mass is 79.9. The first-order valence-corrected chi connectivity index (χ1v) is 4.62. The van der Waals surface area contributed by atoms with Gasteiger partial charge in [-0.25, -0.2) is 0 Å². The summed E-state index contributed by atoms with van der Waals surface area (Å²) in [7, 11) is 0. The number of rotatable bonds is 4. The lowest BCUT2D eigenvalue weighted by Gasteiger charge is -2.07. The zero-order chi connectivity index (χ0) is 6.74. The van der Waals surface area contributed by atoms with E-state index in [9.17, 15) is 0 Å². The molecule has 0 amide bonds. The molecular formula is C8H13Br. The summed E-state index contributed by atoms with van der Waals surface area (Å²) in [6.45, 7) is 3.71. The van der Waals surface area contributed by atoms with Crippen LogP contribution in [0.4, 0.5) is 0 Å². The van der Waals surface area contributed by atoms with Crippen LogP contribution in [0.25, 0.3) is 0 Å². The third-order valence-electron chi connectivity index (χ3n) is 2.12. The van der Waals surface area contributed by atoms with E-state index in [4.69, 9.17) is 0 Å². The minimum atomic E-state index is 0.689. The minimum absolute atomic E-state index is 0.689. The molecule has 1 aliphatic rings. The minimum Gasteiger partial charge on any atom is -0.103 e. The standard InChI is InChI=1S/C8H13Br/c1-2-3-4-8(7-9)5-6-8/h2H,1,3-7H2. The Morgan fingerprint density at radius 1 is 1.56 bits per heavy atom. The van der Waals surface area contributed by atoms with Crippen LogP contribution in [-0.2, 0) is 0 Å². The predicted octanol–water partition coefficient (Wildman–Crippen LogP) is 3.13. The fraction of sp³-hybridized carbons (Fsp3) is 0.750. The molecule has 1 aliphatic carbocycles. The molecule has 52 valence electrons. The molecule has 0 aliphatic heterocycles. The highest BCUT2D eigenvalue weighted by molar-refractivity contribution is 9.09. The van der Waals surface area contributed by atoms with Gasteiger partial charge in [0.2, 0.25) is 0 Å². The molecule has 1 rings (SSSR count). The lowest BCUT2D eigenvalue weighted by Crippen LogP contribution is -1.99. The number of halogens is 1. The lowest BCUT2D eigenvalue weighted by atomic mass is 10.0. The van der Waals surface area contributed by atoms with E-state index < -0.39 is 0 Å². The van der Waals surface area contributed by atoms with Gasteiger partial charge in [0.15, 0.2) is 0 Å². The highest BCUT2D eigenvalue weighted by Crippen LogP contribution is 2.50. The molecule has 0 aromatic rings. The van der Waals surface area contributed by atoms with Crippen LogP contribution < -0.4 is 0 Å². The van der Waals surface area contributed by atoms with Crippen molar-refractivity contribution < 1.29 is 0 Å². The molecule has 9 heavy (non-hydrogen) atoms. The van der Waals surface area contributed by atoms with Crippen LogP contribution in [0.2, 0.25) is 0 Å². The quantitative estimate of drug-likeness (QED) is 0.470. The summed E-state index contributed by atoms with van der Waals surface area (Å²) in [4.78, 5) is 0. The normalized spacial score (nSPS) is 21.4. The van der Waals surface area contributed by atoms with Gasteiger partial charge in [0, 0.05) is 5.33 Å². The van der Waals surface area contributed by atoms with Crippen LogP contribution in [0.15, 0.2) is 12.7 Å². The van der Waals surface area contributed by atoms with Gasteiger partial charge in [0.05, 0.1) is 0 Å². The molecule has 1 heteroatoms. The summed E-state index contributed by atoms with van der Waals surface area (Å²) in [5, 5.41) is 1.19. The molecular weight excluding hydrogens is 176 g/mol.